The lowest BCUT2D eigenvalue weighted by atomic mass is 9.82. The van der Waals surface area contributed by atoms with Gasteiger partial charge in [0.25, 0.3) is 0 Å². The number of anilines is 1. The van der Waals surface area contributed by atoms with E-state index in [1.807, 2.05) is 65.0 Å². The van der Waals surface area contributed by atoms with Crippen LogP contribution in [0.3, 0.4) is 0 Å². The molecule has 3 saturated heterocycles. The van der Waals surface area contributed by atoms with Crippen LogP contribution in [0.5, 0.6) is 0 Å². The molecule has 418 valence electrons. The molecule has 9 atom stereocenters. The van der Waals surface area contributed by atoms with E-state index in [2.05, 4.69) is 10.6 Å². The number of Topliss-reactive ketones (excluding diaryl/α,β-unsaturated/α-hetero) is 1. The fraction of sp³-hybridized carbons (Fsp3) is 0.679. The number of likely N-dealkylation sites (tertiary alicyclic amines) is 1. The zero-order valence-electron chi connectivity index (χ0n) is 44.6. The van der Waals surface area contributed by atoms with Crippen molar-refractivity contribution in [2.75, 3.05) is 90.3 Å². The number of nitrogens with one attached hydrogen (secondary N) is 2. The highest BCUT2D eigenvalue weighted by molar-refractivity contribution is 8.00. The number of aliphatic hydroxyl groups is 1. The van der Waals surface area contributed by atoms with Gasteiger partial charge in [-0.3, -0.25) is 34.2 Å². The van der Waals surface area contributed by atoms with E-state index in [1.165, 1.54) is 23.6 Å². The molecule has 0 spiro atoms. The lowest BCUT2D eigenvalue weighted by Crippen LogP contribution is -2.60. The van der Waals surface area contributed by atoms with Gasteiger partial charge in [-0.05, 0) is 51.3 Å². The molecule has 5 amide bonds. The molecule has 1 aromatic rings. The van der Waals surface area contributed by atoms with Gasteiger partial charge in [0.1, 0.15) is 29.3 Å². The third kappa shape index (κ3) is 18.1. The lowest BCUT2D eigenvalue weighted by molar-refractivity contribution is -0.166. The van der Waals surface area contributed by atoms with Gasteiger partial charge in [-0.25, -0.2) is 9.59 Å². The van der Waals surface area contributed by atoms with Crippen LogP contribution in [-0.4, -0.2) is 178 Å². The molecule has 0 radical (unpaired) electrons. The summed E-state index contributed by atoms with van der Waals surface area (Å²) >= 11 is 8.09. The fourth-order valence-electron chi connectivity index (χ4n) is 8.97. The van der Waals surface area contributed by atoms with Crippen molar-refractivity contribution in [1.29, 1.82) is 0 Å². The number of halogens is 1. The number of ketones is 1. The molecule has 0 aliphatic carbocycles. The Bertz CT molecular complexity index is 2230. The quantitative estimate of drug-likeness (QED) is 0.0488. The van der Waals surface area contributed by atoms with Crippen molar-refractivity contribution in [2.45, 2.75) is 134 Å². The second-order valence-electron chi connectivity index (χ2n) is 19.6. The van der Waals surface area contributed by atoms with Gasteiger partial charge in [0.2, 0.25) is 23.6 Å². The number of hydrogen-bond donors (Lipinski definition) is 3. The molecule has 3 fully saturated rings. The standard InChI is InChI=1S/C53H77ClN4O16S/c1-9-39(59)14-17-67-19-21-69-22-20-68-18-15-55-44(60)13-16-58-46(62)30-42(49(58)63)75-26-25-70-23-24-71-37(6)50(64)73-43-31-45(61)57(8)40-29-38(28-34(3)47(40)54)27-33(2)11-10-12-35(4)53(66)32-41(72-51(65)56-53)36(5)48-52(43,7)74-48/h10-12,28-29,35-37,41-43,48,66H,9,13-27,30-32H2,1-8H3,(H,55,60)(H,56,65)/b12-10+,33-11+/t35-,36-,37+,41?,42?,43+,48+,52+,53+/m1/s1. The molecule has 75 heavy (non-hydrogen) atoms. The van der Waals surface area contributed by atoms with Crippen molar-refractivity contribution in [3.8, 4) is 0 Å². The Balaban J connectivity index is 1.05. The van der Waals surface area contributed by atoms with Crippen molar-refractivity contribution in [1.82, 2.24) is 15.5 Å². The topological polar surface area (TPSA) is 247 Å². The molecule has 22 heteroatoms. The summed E-state index contributed by atoms with van der Waals surface area (Å²) in [6, 6.07) is 3.82. The largest absolute Gasteiger partial charge is 0.457 e. The first-order chi connectivity index (χ1) is 35.7. The zero-order chi connectivity index (χ0) is 54.9. The molecule has 4 bridgehead atoms. The molecule has 0 saturated carbocycles. The molecule has 1 aromatic carbocycles. The Hall–Kier alpha value is -4.45. The highest BCUT2D eigenvalue weighted by atomic mass is 35.5. The van der Waals surface area contributed by atoms with Crippen molar-refractivity contribution in [3.05, 3.63) is 52.1 Å². The molecule has 4 aliphatic heterocycles. The van der Waals surface area contributed by atoms with Crippen molar-refractivity contribution in [3.63, 3.8) is 0 Å². The highest BCUT2D eigenvalue weighted by Gasteiger charge is 2.64. The average molecular weight is 1090 g/mol. The van der Waals surface area contributed by atoms with Crippen LogP contribution in [0.4, 0.5) is 10.5 Å². The maximum absolute atomic E-state index is 14.2. The SMILES string of the molecule is CCC(=O)CCOCCOCCOCCNC(=O)CCN1C(=O)CC(SCCOCCO[C@@H](C)C(=O)O[C@H]2CC(=O)N(C)c3cc(cc(C)c3Cl)C/C(C)=C/C=C/[C@@H](C)[C@@]3(O)CC(OC(=O)N3)[C@@H](C)[C@@H]3O[C@@]23C)C1=O. The minimum absolute atomic E-state index is 0.0129. The maximum Gasteiger partial charge on any atom is 0.409 e. The van der Waals surface area contributed by atoms with E-state index in [1.54, 1.807) is 14.0 Å². The number of carbonyl (C=O) groups excluding carboxylic acids is 7. The van der Waals surface area contributed by atoms with Crippen LogP contribution in [0.2, 0.25) is 5.02 Å². The second kappa shape index (κ2) is 29.3. The maximum atomic E-state index is 14.2. The molecule has 20 nitrogen and oxygen atoms in total. The van der Waals surface area contributed by atoms with Crippen LogP contribution in [0.1, 0.15) is 91.2 Å². The van der Waals surface area contributed by atoms with E-state index in [0.29, 0.717) is 68.8 Å². The number of thioether (sulfide) groups is 1. The van der Waals surface area contributed by atoms with Crippen LogP contribution >= 0.6 is 23.4 Å². The van der Waals surface area contributed by atoms with Gasteiger partial charge >= 0.3 is 12.1 Å². The van der Waals surface area contributed by atoms with Gasteiger partial charge in [0.05, 0.1) is 87.9 Å². The number of hydrogen-bond acceptors (Lipinski definition) is 17. The number of alkyl carbamates (subject to hydrolysis) is 1. The minimum atomic E-state index is -1.63. The Kier molecular flexibility index (Phi) is 24.0. The summed E-state index contributed by atoms with van der Waals surface area (Å²) in [4.78, 5) is 92.7. The zero-order valence-corrected chi connectivity index (χ0v) is 46.2. The lowest BCUT2D eigenvalue weighted by Gasteiger charge is -2.41. The van der Waals surface area contributed by atoms with E-state index in [4.69, 9.17) is 49.5 Å². The summed E-state index contributed by atoms with van der Waals surface area (Å²) in [5, 5.41) is 16.9. The summed E-state index contributed by atoms with van der Waals surface area (Å²) < 4.78 is 45.8. The summed E-state index contributed by atoms with van der Waals surface area (Å²) in [7, 11) is 1.61. The Morgan fingerprint density at radius 2 is 1.63 bits per heavy atom. The van der Waals surface area contributed by atoms with Crippen molar-refractivity contribution >= 4 is 70.5 Å². The molecule has 4 heterocycles. The van der Waals surface area contributed by atoms with Crippen molar-refractivity contribution < 1.29 is 76.6 Å². The number of epoxide rings is 1. The van der Waals surface area contributed by atoms with E-state index in [9.17, 15) is 38.7 Å². The summed E-state index contributed by atoms with van der Waals surface area (Å²) in [5.74, 6) is -2.60. The number of ether oxygens (including phenoxy) is 8. The number of allylic oxidation sites excluding steroid dienone is 3. The predicted octanol–water partition coefficient (Wildman–Crippen LogP) is 4.80. The molecule has 4 aliphatic rings. The first kappa shape index (κ1) is 61.4. The van der Waals surface area contributed by atoms with Gasteiger partial charge in [-0.2, -0.15) is 0 Å². The number of benzene rings is 1. The number of amides is 5. The second-order valence-corrected chi connectivity index (χ2v) is 21.3. The number of rotatable bonds is 26. The number of esters is 1. The Morgan fingerprint density at radius 3 is 2.35 bits per heavy atom. The normalized spacial score (nSPS) is 27.7. The van der Waals surface area contributed by atoms with Crippen LogP contribution in [0.25, 0.3) is 0 Å². The first-order valence-corrected chi connectivity index (χ1v) is 27.3. The average Bonchev–Trinajstić information content (AvgIpc) is 3.99. The summed E-state index contributed by atoms with van der Waals surface area (Å²) in [6.45, 7) is 15.2. The monoisotopic (exact) mass is 1090 g/mol. The van der Waals surface area contributed by atoms with Crippen LogP contribution in [0.15, 0.2) is 35.9 Å². The van der Waals surface area contributed by atoms with E-state index in [0.717, 1.165) is 21.6 Å². The number of carbonyl (C=O) groups is 7. The molecule has 0 aromatic heterocycles. The van der Waals surface area contributed by atoms with Crippen LogP contribution in [0, 0.1) is 18.8 Å². The van der Waals surface area contributed by atoms with E-state index < -0.39 is 70.8 Å². The third-order valence-corrected chi connectivity index (χ3v) is 15.5. The Morgan fingerprint density at radius 1 is 0.947 bits per heavy atom. The molecule has 3 N–H and O–H groups in total. The molecular formula is C53H77ClN4O16S. The summed E-state index contributed by atoms with van der Waals surface area (Å²) in [6.07, 6.45) is 2.40. The predicted molar refractivity (Wildman–Crippen MR) is 279 cm³/mol. The van der Waals surface area contributed by atoms with Gasteiger partial charge in [-0.1, -0.05) is 62.2 Å². The van der Waals surface area contributed by atoms with Gasteiger partial charge < -0.3 is 53.2 Å². The van der Waals surface area contributed by atoms with E-state index >= 15 is 0 Å². The van der Waals surface area contributed by atoms with Crippen molar-refractivity contribution in [2.24, 2.45) is 11.8 Å². The van der Waals surface area contributed by atoms with E-state index in [-0.39, 0.29) is 88.7 Å². The Labute approximate surface area is 449 Å². The summed E-state index contributed by atoms with van der Waals surface area (Å²) in [5.41, 5.74) is 0.363. The molecular weight excluding hydrogens is 1020 g/mol. The van der Waals surface area contributed by atoms with Gasteiger partial charge in [0, 0.05) is 69.8 Å². The smallest absolute Gasteiger partial charge is 0.409 e. The minimum Gasteiger partial charge on any atom is -0.457 e. The highest BCUT2D eigenvalue weighted by Crippen LogP contribution is 2.49. The number of nitrogens with zero attached hydrogens (tertiary/aromatic N) is 2. The number of aryl methyl sites for hydroxylation is 1. The van der Waals surface area contributed by atoms with Crippen LogP contribution < -0.4 is 15.5 Å². The third-order valence-electron chi connectivity index (χ3n) is 13.8. The number of fused-ring (bicyclic) bond motifs is 5. The van der Waals surface area contributed by atoms with Gasteiger partial charge in [0.15, 0.2) is 6.10 Å². The molecule has 2 unspecified atom stereocenters. The fourth-order valence-corrected chi connectivity index (χ4v) is 10.2. The molecule has 5 rings (SSSR count). The van der Waals surface area contributed by atoms with Gasteiger partial charge in [-0.15, -0.1) is 11.8 Å². The number of imide groups is 1. The first-order valence-electron chi connectivity index (χ1n) is 25.8. The van der Waals surface area contributed by atoms with Crippen LogP contribution in [-0.2, 0) is 73.1 Å².